The maximum Gasteiger partial charge on any atom is 0.330 e. The fourth-order valence-corrected chi connectivity index (χ4v) is 6.69. The fourth-order valence-electron chi connectivity index (χ4n) is 6.69. The second-order valence-electron chi connectivity index (χ2n) is 13.3. The van der Waals surface area contributed by atoms with Gasteiger partial charge in [0, 0.05) is 23.8 Å². The van der Waals surface area contributed by atoms with Crippen LogP contribution in [-0.4, -0.2) is 142 Å². The summed E-state index contributed by atoms with van der Waals surface area (Å²) in [6.45, 7) is -1.53. The average Bonchev–Trinajstić information content (AvgIpc) is 3.21. The number of aromatic hydroxyl groups is 3. The molecule has 10 atom stereocenters. The summed E-state index contributed by atoms with van der Waals surface area (Å²) in [5.41, 5.74) is -0.367. The van der Waals surface area contributed by atoms with Gasteiger partial charge in [0.15, 0.2) is 23.2 Å². The Morgan fingerprint density at radius 2 is 1.40 bits per heavy atom. The zero-order chi connectivity index (χ0) is 42.0. The van der Waals surface area contributed by atoms with E-state index in [0.717, 1.165) is 12.1 Å². The zero-order valence-electron chi connectivity index (χ0n) is 31.1. The minimum atomic E-state index is -2.01. The van der Waals surface area contributed by atoms with Crippen LogP contribution in [0.3, 0.4) is 0 Å². The van der Waals surface area contributed by atoms with Gasteiger partial charge in [0.25, 0.3) is 0 Å². The van der Waals surface area contributed by atoms with Crippen LogP contribution in [0.4, 0.5) is 0 Å². The van der Waals surface area contributed by atoms with E-state index in [9.17, 15) is 55.5 Å². The van der Waals surface area contributed by atoms with Gasteiger partial charge in [-0.15, -0.1) is 0 Å². The van der Waals surface area contributed by atoms with E-state index in [2.05, 4.69) is 0 Å². The van der Waals surface area contributed by atoms with Gasteiger partial charge in [-0.25, -0.2) is 4.79 Å². The van der Waals surface area contributed by atoms with E-state index in [1.165, 1.54) is 69.9 Å². The molecule has 2 aliphatic rings. The number of methoxy groups -OCH3 is 3. The lowest BCUT2D eigenvalue weighted by molar-refractivity contribution is -0.342. The van der Waals surface area contributed by atoms with Crippen LogP contribution in [0.25, 0.3) is 28.4 Å². The van der Waals surface area contributed by atoms with Crippen molar-refractivity contribution in [2.24, 2.45) is 0 Å². The number of aliphatic hydroxyl groups is 6. The molecule has 1 aromatic heterocycles. The van der Waals surface area contributed by atoms with E-state index < -0.39 is 91.6 Å². The lowest BCUT2D eigenvalue weighted by Crippen LogP contribution is -2.63. The molecule has 3 aromatic carbocycles. The van der Waals surface area contributed by atoms with Crippen molar-refractivity contribution >= 4 is 23.0 Å². The van der Waals surface area contributed by atoms with Crippen molar-refractivity contribution in [1.29, 1.82) is 0 Å². The largest absolute Gasteiger partial charge is 0.508 e. The molecule has 9 N–H and O–H groups in total. The first-order chi connectivity index (χ1) is 27.7. The maximum atomic E-state index is 13.5. The minimum Gasteiger partial charge on any atom is -0.508 e. The van der Waals surface area contributed by atoms with Crippen LogP contribution in [0.15, 0.2) is 63.8 Å². The normalized spacial score (nSPS) is 27.4. The molecule has 58 heavy (non-hydrogen) atoms. The lowest BCUT2D eigenvalue weighted by atomic mass is 9.89. The number of aliphatic hydroxyl groups excluding tert-OH is 6. The molecule has 0 aliphatic carbocycles. The van der Waals surface area contributed by atoms with Gasteiger partial charge in [-0.05, 0) is 48.0 Å². The molecule has 2 fully saturated rings. The first kappa shape index (κ1) is 42.1. The molecule has 0 unspecified atom stereocenters. The molecule has 0 saturated carbocycles. The van der Waals surface area contributed by atoms with Crippen molar-refractivity contribution in [2.45, 2.75) is 61.2 Å². The molecule has 4 aromatic rings. The highest BCUT2D eigenvalue weighted by molar-refractivity contribution is 5.89. The summed E-state index contributed by atoms with van der Waals surface area (Å²) in [5.74, 6) is -1.91. The minimum absolute atomic E-state index is 0.0242. The topological polar surface area (TPSA) is 294 Å². The number of hydrogen-bond acceptors (Lipinski definition) is 19. The van der Waals surface area contributed by atoms with Crippen molar-refractivity contribution < 1.29 is 88.3 Å². The highest BCUT2D eigenvalue weighted by Crippen LogP contribution is 2.47. The number of phenols is 3. The third-order valence-corrected chi connectivity index (χ3v) is 9.78. The van der Waals surface area contributed by atoms with Gasteiger partial charge in [0.2, 0.25) is 5.75 Å². The number of esters is 1. The molecule has 2 saturated heterocycles. The van der Waals surface area contributed by atoms with Crippen LogP contribution in [-0.2, 0) is 23.7 Å². The molecular formula is C39H42O19. The van der Waals surface area contributed by atoms with Crippen LogP contribution >= 0.6 is 0 Å². The van der Waals surface area contributed by atoms with Crippen LogP contribution in [0, 0.1) is 0 Å². The Bertz CT molecular complexity index is 2160. The number of hydrogen-bond donors (Lipinski definition) is 9. The summed E-state index contributed by atoms with van der Waals surface area (Å²) in [5, 5.41) is 95.8. The third-order valence-electron chi connectivity index (χ3n) is 9.78. The number of phenolic OH excluding ortho intramolecular Hbond substituents is 3. The van der Waals surface area contributed by atoms with Crippen LogP contribution in [0.5, 0.6) is 34.5 Å². The predicted octanol–water partition coefficient (Wildman–Crippen LogP) is 0.206. The molecular weight excluding hydrogens is 772 g/mol. The van der Waals surface area contributed by atoms with Gasteiger partial charge < -0.3 is 83.5 Å². The van der Waals surface area contributed by atoms with Crippen molar-refractivity contribution in [2.75, 3.05) is 34.5 Å². The molecule has 0 radical (unpaired) electrons. The number of carbonyl (C=O) groups is 1. The highest BCUT2D eigenvalue weighted by atomic mass is 16.7. The summed E-state index contributed by atoms with van der Waals surface area (Å²) >= 11 is 0. The number of benzene rings is 3. The van der Waals surface area contributed by atoms with Crippen molar-refractivity contribution in [3.8, 4) is 45.8 Å². The predicted molar refractivity (Wildman–Crippen MR) is 197 cm³/mol. The van der Waals surface area contributed by atoms with Crippen LogP contribution in [0.1, 0.15) is 17.2 Å². The molecule has 2 aliphatic heterocycles. The Kier molecular flexibility index (Phi) is 12.8. The molecule has 0 bridgehead atoms. The Hall–Kier alpha value is -5.48. The number of carbonyl (C=O) groups excluding carboxylic acids is 1. The summed E-state index contributed by atoms with van der Waals surface area (Å²) in [7, 11) is 3.86. The van der Waals surface area contributed by atoms with Crippen LogP contribution in [0.2, 0.25) is 0 Å². The summed E-state index contributed by atoms with van der Waals surface area (Å²) in [6.07, 6.45) is -15.7. The smallest absolute Gasteiger partial charge is 0.330 e. The third kappa shape index (κ3) is 8.25. The Morgan fingerprint density at radius 1 is 0.759 bits per heavy atom. The van der Waals surface area contributed by atoms with Crippen LogP contribution < -0.4 is 19.6 Å². The average molecular weight is 815 g/mol. The molecule has 3 heterocycles. The van der Waals surface area contributed by atoms with Crippen molar-refractivity contribution in [3.05, 3.63) is 76.0 Å². The number of rotatable bonds is 12. The van der Waals surface area contributed by atoms with E-state index in [1.807, 2.05) is 0 Å². The monoisotopic (exact) mass is 814 g/mol. The Balaban J connectivity index is 1.27. The van der Waals surface area contributed by atoms with Gasteiger partial charge in [-0.2, -0.15) is 0 Å². The van der Waals surface area contributed by atoms with E-state index in [1.54, 1.807) is 0 Å². The van der Waals surface area contributed by atoms with E-state index in [-0.39, 0.29) is 51.0 Å². The van der Waals surface area contributed by atoms with E-state index in [4.69, 9.17) is 37.6 Å². The van der Waals surface area contributed by atoms with E-state index >= 15 is 0 Å². The quantitative estimate of drug-likeness (QED) is 0.0682. The molecule has 0 spiro atoms. The fraction of sp³-hybridized carbons (Fsp3) is 0.385. The van der Waals surface area contributed by atoms with Gasteiger partial charge in [0.05, 0.1) is 33.5 Å². The first-order valence-electron chi connectivity index (χ1n) is 17.7. The van der Waals surface area contributed by atoms with Gasteiger partial charge in [0.1, 0.15) is 95.5 Å². The van der Waals surface area contributed by atoms with E-state index in [0.29, 0.717) is 11.1 Å². The van der Waals surface area contributed by atoms with Gasteiger partial charge >= 0.3 is 5.97 Å². The summed E-state index contributed by atoms with van der Waals surface area (Å²) in [4.78, 5) is 26.2. The van der Waals surface area contributed by atoms with Crippen molar-refractivity contribution in [3.63, 3.8) is 0 Å². The maximum absolute atomic E-state index is 13.5. The molecule has 312 valence electrons. The highest BCUT2D eigenvalue weighted by Gasteiger charge is 2.52. The second kappa shape index (κ2) is 17.6. The summed E-state index contributed by atoms with van der Waals surface area (Å²) in [6, 6.07) is 11.0. The number of ether oxygens (including phenoxy) is 7. The van der Waals surface area contributed by atoms with Crippen molar-refractivity contribution in [1.82, 2.24) is 0 Å². The Morgan fingerprint density at radius 3 is 2.02 bits per heavy atom. The molecule has 19 heteroatoms. The number of fused-ring (bicyclic) bond motifs is 1. The molecule has 6 rings (SSSR count). The molecule has 0 amide bonds. The van der Waals surface area contributed by atoms with Gasteiger partial charge in [-0.3, -0.25) is 4.79 Å². The zero-order valence-corrected chi connectivity index (χ0v) is 31.1. The van der Waals surface area contributed by atoms with Gasteiger partial charge in [-0.1, -0.05) is 0 Å². The standard InChI is InChI=1S/C39H42O19/c1-51-21-13-22-28(19(42)12-20(55-22)17-5-7-18(41)8-6-17)33(47)29(21)37-38(35(49)31(45)25(14-40)56-37)58-39-36(50)34(48)32(46)26(57-39)15-54-27(43)9-4-16-10-23(52-2)30(44)24(11-16)53-3/h4-13,25-26,31-32,34-41,44-50H,14-15H2,1-3H3/b9-4+/t25-,26+,31+,32+,34+,35-,36+,37-,38+,39-/m0/s1. The Labute approximate surface area is 328 Å². The molecule has 19 nitrogen and oxygen atoms in total. The summed E-state index contributed by atoms with van der Waals surface area (Å²) < 4.78 is 44.5. The lowest BCUT2D eigenvalue weighted by Gasteiger charge is -2.46. The SMILES string of the molecule is COc1cc(/C=C/C(=O)OC[C@H]2O[C@@H](O[C@@H]3[C@@H](O)[C@H](O)[C@H](CO)O[C@H]3c3c(OC)cc4oc(-c5ccc(O)cc5)cc(=O)c4c3O)[C@H](O)[C@H](O)[C@@H]2O)cc(OC)c1O. The first-order valence-corrected chi connectivity index (χ1v) is 17.7. The second-order valence-corrected chi connectivity index (χ2v) is 13.3.